The fraction of sp³-hybridized carbons (Fsp3) is 0.579. The SMILES string of the molecule is Cc1nc(CCNC(=O)[C@@H](C)n2ccnc2C(C)C)nc2c1CCC2. The molecular weight excluding hydrogens is 314 g/mol. The number of nitrogens with one attached hydrogen (secondary N) is 1. The molecule has 6 nitrogen and oxygen atoms in total. The van der Waals surface area contributed by atoms with Crippen molar-refractivity contribution in [1.82, 2.24) is 24.8 Å². The number of nitrogens with zero attached hydrogens (tertiary/aromatic N) is 4. The first kappa shape index (κ1) is 17.6. The molecule has 1 aliphatic rings. The molecular formula is C19H27N5O. The molecule has 2 aromatic heterocycles. The zero-order chi connectivity index (χ0) is 18.0. The molecule has 2 heterocycles. The van der Waals surface area contributed by atoms with Gasteiger partial charge in [-0.3, -0.25) is 4.79 Å². The number of carbonyl (C=O) groups is 1. The maximum atomic E-state index is 12.5. The summed E-state index contributed by atoms with van der Waals surface area (Å²) in [5, 5.41) is 3.00. The Balaban J connectivity index is 1.58. The molecule has 1 N–H and O–H groups in total. The lowest BCUT2D eigenvalue weighted by Crippen LogP contribution is -2.33. The van der Waals surface area contributed by atoms with Crippen molar-refractivity contribution in [3.8, 4) is 0 Å². The second kappa shape index (κ2) is 7.33. The molecule has 0 bridgehead atoms. The van der Waals surface area contributed by atoms with Crippen LogP contribution in [0.25, 0.3) is 0 Å². The van der Waals surface area contributed by atoms with Crippen LogP contribution in [-0.4, -0.2) is 32.0 Å². The fourth-order valence-corrected chi connectivity index (χ4v) is 3.47. The van der Waals surface area contributed by atoms with Crippen LogP contribution in [0.2, 0.25) is 0 Å². The van der Waals surface area contributed by atoms with Crippen LogP contribution < -0.4 is 5.32 Å². The number of amides is 1. The molecule has 25 heavy (non-hydrogen) atoms. The van der Waals surface area contributed by atoms with Crippen LogP contribution in [0.1, 0.15) is 67.8 Å². The van der Waals surface area contributed by atoms with Gasteiger partial charge in [0.25, 0.3) is 0 Å². The molecule has 0 aliphatic heterocycles. The summed E-state index contributed by atoms with van der Waals surface area (Å²) in [5.41, 5.74) is 3.61. The summed E-state index contributed by atoms with van der Waals surface area (Å²) < 4.78 is 1.94. The third kappa shape index (κ3) is 3.72. The lowest BCUT2D eigenvalue weighted by atomic mass is 10.2. The Morgan fingerprint density at radius 3 is 2.84 bits per heavy atom. The van der Waals surface area contributed by atoms with Crippen molar-refractivity contribution in [3.63, 3.8) is 0 Å². The molecule has 0 spiro atoms. The molecule has 134 valence electrons. The molecule has 0 aromatic carbocycles. The van der Waals surface area contributed by atoms with Gasteiger partial charge < -0.3 is 9.88 Å². The lowest BCUT2D eigenvalue weighted by Gasteiger charge is -2.17. The smallest absolute Gasteiger partial charge is 0.242 e. The number of imidazole rings is 1. The molecule has 1 amide bonds. The Labute approximate surface area is 149 Å². The first-order valence-electron chi connectivity index (χ1n) is 9.13. The molecule has 0 unspecified atom stereocenters. The third-order valence-electron chi connectivity index (χ3n) is 4.85. The number of hydrogen-bond acceptors (Lipinski definition) is 4. The van der Waals surface area contributed by atoms with Crippen molar-refractivity contribution in [3.05, 3.63) is 41.0 Å². The highest BCUT2D eigenvalue weighted by molar-refractivity contribution is 5.79. The van der Waals surface area contributed by atoms with E-state index in [-0.39, 0.29) is 17.9 Å². The first-order chi connectivity index (χ1) is 12.0. The van der Waals surface area contributed by atoms with Crippen molar-refractivity contribution >= 4 is 5.91 Å². The quantitative estimate of drug-likeness (QED) is 0.876. The highest BCUT2D eigenvalue weighted by Gasteiger charge is 2.20. The molecule has 2 aromatic rings. The third-order valence-corrected chi connectivity index (χ3v) is 4.85. The average molecular weight is 341 g/mol. The number of hydrogen-bond donors (Lipinski definition) is 1. The number of fused-ring (bicyclic) bond motifs is 1. The molecule has 0 saturated heterocycles. The summed E-state index contributed by atoms with van der Waals surface area (Å²) in [6.45, 7) is 8.67. The highest BCUT2D eigenvalue weighted by Crippen LogP contribution is 2.22. The Hall–Kier alpha value is -2.24. The summed E-state index contributed by atoms with van der Waals surface area (Å²) >= 11 is 0. The van der Waals surface area contributed by atoms with Crippen LogP contribution in [0, 0.1) is 6.92 Å². The van der Waals surface area contributed by atoms with Gasteiger partial charge in [0.05, 0.1) is 0 Å². The Morgan fingerprint density at radius 1 is 1.28 bits per heavy atom. The van der Waals surface area contributed by atoms with Gasteiger partial charge in [-0.2, -0.15) is 0 Å². The Bertz CT molecular complexity index is 765. The van der Waals surface area contributed by atoms with Gasteiger partial charge in [-0.05, 0) is 38.7 Å². The van der Waals surface area contributed by atoms with Gasteiger partial charge in [-0.25, -0.2) is 15.0 Å². The monoisotopic (exact) mass is 341 g/mol. The topological polar surface area (TPSA) is 72.7 Å². The van der Waals surface area contributed by atoms with E-state index >= 15 is 0 Å². The summed E-state index contributed by atoms with van der Waals surface area (Å²) in [4.78, 5) is 26.1. The molecule has 0 radical (unpaired) electrons. The minimum absolute atomic E-state index is 0.00205. The second-order valence-electron chi connectivity index (χ2n) is 7.07. The van der Waals surface area contributed by atoms with Gasteiger partial charge in [0.2, 0.25) is 5.91 Å². The highest BCUT2D eigenvalue weighted by atomic mass is 16.2. The largest absolute Gasteiger partial charge is 0.354 e. The van der Waals surface area contributed by atoms with E-state index in [1.54, 1.807) is 6.20 Å². The second-order valence-corrected chi connectivity index (χ2v) is 7.07. The molecule has 1 atom stereocenters. The maximum absolute atomic E-state index is 12.5. The van der Waals surface area contributed by atoms with E-state index in [1.165, 1.54) is 17.7 Å². The van der Waals surface area contributed by atoms with Crippen LogP contribution in [0.5, 0.6) is 0 Å². The van der Waals surface area contributed by atoms with Crippen molar-refractivity contribution in [2.75, 3.05) is 6.54 Å². The lowest BCUT2D eigenvalue weighted by molar-refractivity contribution is -0.123. The van der Waals surface area contributed by atoms with Gasteiger partial charge in [0.15, 0.2) is 0 Å². The number of aromatic nitrogens is 4. The Morgan fingerprint density at radius 2 is 2.08 bits per heavy atom. The summed E-state index contributed by atoms with van der Waals surface area (Å²) in [6, 6.07) is -0.275. The van der Waals surface area contributed by atoms with Crippen LogP contribution in [-0.2, 0) is 24.1 Å². The molecule has 1 aliphatic carbocycles. The van der Waals surface area contributed by atoms with Crippen molar-refractivity contribution < 1.29 is 4.79 Å². The number of rotatable bonds is 6. The van der Waals surface area contributed by atoms with Gasteiger partial charge in [-0.15, -0.1) is 0 Å². The number of carbonyl (C=O) groups excluding carboxylic acids is 1. The zero-order valence-electron chi connectivity index (χ0n) is 15.5. The maximum Gasteiger partial charge on any atom is 0.242 e. The van der Waals surface area contributed by atoms with Gasteiger partial charge in [-0.1, -0.05) is 13.8 Å². The standard InChI is InChI=1S/C19H27N5O/c1-12(2)18-20-10-11-24(18)14(4)19(25)21-9-8-17-22-13(3)15-6-5-7-16(15)23-17/h10-12,14H,5-9H2,1-4H3,(H,21,25)/t14-/m1/s1. The van der Waals surface area contributed by atoms with Crippen LogP contribution in [0.4, 0.5) is 0 Å². The van der Waals surface area contributed by atoms with Crippen molar-refractivity contribution in [1.29, 1.82) is 0 Å². The molecule has 3 rings (SSSR count). The van der Waals surface area contributed by atoms with Gasteiger partial charge in [0.1, 0.15) is 17.7 Å². The zero-order valence-corrected chi connectivity index (χ0v) is 15.5. The fourth-order valence-electron chi connectivity index (χ4n) is 3.47. The minimum Gasteiger partial charge on any atom is -0.354 e. The van der Waals surface area contributed by atoms with E-state index in [2.05, 4.69) is 41.0 Å². The van der Waals surface area contributed by atoms with E-state index in [0.29, 0.717) is 13.0 Å². The predicted molar refractivity (Wildman–Crippen MR) is 96.5 cm³/mol. The van der Waals surface area contributed by atoms with Crippen molar-refractivity contribution in [2.45, 2.75) is 65.3 Å². The summed E-state index contributed by atoms with van der Waals surface area (Å²) in [6.07, 6.45) is 7.60. The van der Waals surface area contributed by atoms with E-state index in [1.807, 2.05) is 17.7 Å². The van der Waals surface area contributed by atoms with Gasteiger partial charge >= 0.3 is 0 Å². The molecule has 0 fully saturated rings. The minimum atomic E-state index is -0.275. The van der Waals surface area contributed by atoms with E-state index in [0.717, 1.165) is 30.2 Å². The number of aryl methyl sites for hydroxylation is 2. The van der Waals surface area contributed by atoms with E-state index in [9.17, 15) is 4.79 Å². The normalized spacial score (nSPS) is 14.6. The van der Waals surface area contributed by atoms with Crippen molar-refractivity contribution in [2.24, 2.45) is 0 Å². The summed E-state index contributed by atoms with van der Waals surface area (Å²) in [7, 11) is 0. The van der Waals surface area contributed by atoms with E-state index in [4.69, 9.17) is 0 Å². The summed E-state index contributed by atoms with van der Waals surface area (Å²) in [5.74, 6) is 2.04. The molecule has 0 saturated carbocycles. The van der Waals surface area contributed by atoms with Crippen LogP contribution >= 0.6 is 0 Å². The predicted octanol–water partition coefficient (Wildman–Crippen LogP) is 2.51. The van der Waals surface area contributed by atoms with E-state index < -0.39 is 0 Å². The Kier molecular flexibility index (Phi) is 5.16. The van der Waals surface area contributed by atoms with Gasteiger partial charge in [0, 0.05) is 42.7 Å². The average Bonchev–Trinajstić information content (AvgIpc) is 3.23. The van der Waals surface area contributed by atoms with Crippen LogP contribution in [0.15, 0.2) is 12.4 Å². The molecule has 6 heteroatoms. The first-order valence-corrected chi connectivity index (χ1v) is 9.13. The van der Waals surface area contributed by atoms with Crippen LogP contribution in [0.3, 0.4) is 0 Å².